The fourth-order valence-corrected chi connectivity index (χ4v) is 0.742. The van der Waals surface area contributed by atoms with Gasteiger partial charge >= 0.3 is 6.09 Å². The van der Waals surface area contributed by atoms with Gasteiger partial charge < -0.3 is 15.4 Å². The quantitative estimate of drug-likeness (QED) is 0.754. The highest BCUT2D eigenvalue weighted by atomic mass is 16.6. The Morgan fingerprint density at radius 2 is 2.00 bits per heavy atom. The maximum absolute atomic E-state index is 11.4. The van der Waals surface area contributed by atoms with Crippen molar-refractivity contribution in [3.8, 4) is 0 Å². The van der Waals surface area contributed by atoms with Crippen molar-refractivity contribution in [1.29, 1.82) is 0 Å². The van der Waals surface area contributed by atoms with Gasteiger partial charge in [0.1, 0.15) is 5.60 Å². The van der Waals surface area contributed by atoms with Crippen LogP contribution < -0.4 is 5.73 Å². The van der Waals surface area contributed by atoms with E-state index in [1.165, 1.54) is 4.90 Å². The van der Waals surface area contributed by atoms with Crippen LogP contribution >= 0.6 is 0 Å². The summed E-state index contributed by atoms with van der Waals surface area (Å²) in [5.41, 5.74) is 5.51. The Bertz CT molecular complexity index is 219. The van der Waals surface area contributed by atoms with Crippen molar-refractivity contribution < 1.29 is 9.53 Å². The first kappa shape index (κ1) is 12.8. The molecular formula is C10H20N2O2. The van der Waals surface area contributed by atoms with E-state index in [-0.39, 0.29) is 6.09 Å². The summed E-state index contributed by atoms with van der Waals surface area (Å²) < 4.78 is 5.15. The number of nitrogens with two attached hydrogens (primary N) is 1. The van der Waals surface area contributed by atoms with Crippen LogP contribution in [-0.2, 0) is 4.74 Å². The first-order valence-electron chi connectivity index (χ1n) is 4.60. The first-order chi connectivity index (χ1) is 6.22. The van der Waals surface area contributed by atoms with E-state index < -0.39 is 5.60 Å². The molecule has 1 amide bonds. The number of rotatable bonds is 3. The molecule has 0 heterocycles. The summed E-state index contributed by atoms with van der Waals surface area (Å²) in [6.45, 7) is 9.59. The van der Waals surface area contributed by atoms with Crippen LogP contribution in [0.25, 0.3) is 0 Å². The standard InChI is InChI=1S/C10H20N2O2/c1-8(11)6-7-12(5)9(13)14-10(2,3)4/h1,6-7,11H2,2-5H3. The molecule has 14 heavy (non-hydrogen) atoms. The minimum absolute atomic E-state index is 0.334. The van der Waals surface area contributed by atoms with Gasteiger partial charge in [0.25, 0.3) is 0 Å². The zero-order valence-corrected chi connectivity index (χ0v) is 9.46. The lowest BCUT2D eigenvalue weighted by Gasteiger charge is -2.24. The molecule has 0 saturated heterocycles. The van der Waals surface area contributed by atoms with Crippen molar-refractivity contribution in [2.24, 2.45) is 5.73 Å². The van der Waals surface area contributed by atoms with Gasteiger partial charge in [0.05, 0.1) is 0 Å². The Morgan fingerprint density at radius 1 is 1.50 bits per heavy atom. The normalized spacial score (nSPS) is 10.9. The summed E-state index contributed by atoms with van der Waals surface area (Å²) in [4.78, 5) is 12.9. The Hall–Kier alpha value is -1.19. The van der Waals surface area contributed by atoms with Gasteiger partial charge in [-0.25, -0.2) is 4.79 Å². The second-order valence-electron chi connectivity index (χ2n) is 4.31. The average molecular weight is 200 g/mol. The van der Waals surface area contributed by atoms with Crippen LogP contribution in [0.4, 0.5) is 4.79 Å². The van der Waals surface area contributed by atoms with Crippen LogP contribution in [0, 0.1) is 0 Å². The van der Waals surface area contributed by atoms with E-state index in [0.717, 1.165) is 0 Å². The minimum atomic E-state index is -0.453. The number of carbonyl (C=O) groups excluding carboxylic acids is 1. The van der Waals surface area contributed by atoms with Crippen molar-refractivity contribution in [1.82, 2.24) is 4.90 Å². The van der Waals surface area contributed by atoms with Crippen molar-refractivity contribution in [3.05, 3.63) is 12.3 Å². The van der Waals surface area contributed by atoms with E-state index >= 15 is 0 Å². The number of amides is 1. The Morgan fingerprint density at radius 3 is 2.36 bits per heavy atom. The van der Waals surface area contributed by atoms with E-state index in [2.05, 4.69) is 6.58 Å². The largest absolute Gasteiger partial charge is 0.444 e. The monoisotopic (exact) mass is 200 g/mol. The molecular weight excluding hydrogens is 180 g/mol. The van der Waals surface area contributed by atoms with Crippen LogP contribution in [0.2, 0.25) is 0 Å². The summed E-state index contributed by atoms with van der Waals surface area (Å²) in [7, 11) is 1.68. The third-order valence-electron chi connectivity index (χ3n) is 1.47. The van der Waals surface area contributed by atoms with Crippen molar-refractivity contribution in [3.63, 3.8) is 0 Å². The first-order valence-corrected chi connectivity index (χ1v) is 4.60. The van der Waals surface area contributed by atoms with Crippen LogP contribution in [0.5, 0.6) is 0 Å². The molecule has 0 unspecified atom stereocenters. The van der Waals surface area contributed by atoms with E-state index in [1.807, 2.05) is 20.8 Å². The van der Waals surface area contributed by atoms with E-state index in [0.29, 0.717) is 18.7 Å². The van der Waals surface area contributed by atoms with Crippen molar-refractivity contribution in [2.45, 2.75) is 32.8 Å². The van der Waals surface area contributed by atoms with Gasteiger partial charge in [-0.05, 0) is 20.8 Å². The second kappa shape index (κ2) is 4.88. The number of ether oxygens (including phenoxy) is 1. The molecule has 0 aromatic heterocycles. The lowest BCUT2D eigenvalue weighted by atomic mass is 10.2. The van der Waals surface area contributed by atoms with Crippen LogP contribution in [-0.4, -0.2) is 30.2 Å². The van der Waals surface area contributed by atoms with Gasteiger partial charge in [-0.1, -0.05) is 6.58 Å². The summed E-state index contributed by atoms with van der Waals surface area (Å²) in [5.74, 6) is 0. The number of nitrogens with zero attached hydrogens (tertiary/aromatic N) is 1. The predicted molar refractivity (Wildman–Crippen MR) is 56.8 cm³/mol. The zero-order chi connectivity index (χ0) is 11.4. The van der Waals surface area contributed by atoms with Gasteiger partial charge in [0.15, 0.2) is 0 Å². The maximum Gasteiger partial charge on any atom is 0.410 e. The lowest BCUT2D eigenvalue weighted by molar-refractivity contribution is 0.0301. The summed E-state index contributed by atoms with van der Waals surface area (Å²) in [6, 6.07) is 0. The number of hydrogen-bond donors (Lipinski definition) is 1. The molecule has 0 fully saturated rings. The fourth-order valence-electron chi connectivity index (χ4n) is 0.742. The molecule has 0 saturated carbocycles. The third-order valence-corrected chi connectivity index (χ3v) is 1.47. The molecule has 0 aromatic carbocycles. The van der Waals surface area contributed by atoms with Crippen LogP contribution in [0.15, 0.2) is 12.3 Å². The van der Waals surface area contributed by atoms with E-state index in [4.69, 9.17) is 10.5 Å². The van der Waals surface area contributed by atoms with Crippen molar-refractivity contribution in [2.75, 3.05) is 13.6 Å². The maximum atomic E-state index is 11.4. The summed E-state index contributed by atoms with van der Waals surface area (Å²) >= 11 is 0. The molecule has 0 radical (unpaired) electrons. The van der Waals surface area contributed by atoms with Gasteiger partial charge in [0.2, 0.25) is 0 Å². The molecule has 0 spiro atoms. The Kier molecular flexibility index (Phi) is 4.47. The molecule has 0 atom stereocenters. The topological polar surface area (TPSA) is 55.6 Å². The fraction of sp³-hybridized carbons (Fsp3) is 0.700. The highest BCUT2D eigenvalue weighted by molar-refractivity contribution is 5.67. The molecule has 82 valence electrons. The molecule has 0 aliphatic carbocycles. The van der Waals surface area contributed by atoms with Gasteiger partial charge in [-0.15, -0.1) is 0 Å². The smallest absolute Gasteiger partial charge is 0.410 e. The average Bonchev–Trinajstić information content (AvgIpc) is 1.96. The molecule has 0 rings (SSSR count). The number of carbonyl (C=O) groups is 1. The molecule has 0 bridgehead atoms. The molecule has 4 nitrogen and oxygen atoms in total. The van der Waals surface area contributed by atoms with Gasteiger partial charge in [-0.2, -0.15) is 0 Å². The van der Waals surface area contributed by atoms with Gasteiger partial charge in [0, 0.05) is 25.7 Å². The minimum Gasteiger partial charge on any atom is -0.444 e. The molecule has 0 aliphatic heterocycles. The summed E-state index contributed by atoms with van der Waals surface area (Å²) in [5, 5.41) is 0. The highest BCUT2D eigenvalue weighted by Gasteiger charge is 2.18. The highest BCUT2D eigenvalue weighted by Crippen LogP contribution is 2.09. The lowest BCUT2D eigenvalue weighted by Crippen LogP contribution is -2.35. The van der Waals surface area contributed by atoms with Crippen LogP contribution in [0.3, 0.4) is 0 Å². The number of hydrogen-bond acceptors (Lipinski definition) is 3. The summed E-state index contributed by atoms with van der Waals surface area (Å²) in [6.07, 6.45) is 0.259. The Balaban J connectivity index is 3.94. The Labute approximate surface area is 85.7 Å². The SMILES string of the molecule is C=C(N)CCN(C)C(=O)OC(C)(C)C. The predicted octanol–water partition coefficient (Wildman–Crippen LogP) is 1.72. The zero-order valence-electron chi connectivity index (χ0n) is 9.46. The van der Waals surface area contributed by atoms with Crippen LogP contribution in [0.1, 0.15) is 27.2 Å². The third kappa shape index (κ3) is 6.34. The van der Waals surface area contributed by atoms with Crippen molar-refractivity contribution >= 4 is 6.09 Å². The molecule has 0 aromatic rings. The second-order valence-corrected chi connectivity index (χ2v) is 4.31. The van der Waals surface area contributed by atoms with Gasteiger partial charge in [-0.3, -0.25) is 0 Å². The van der Waals surface area contributed by atoms with E-state index in [1.54, 1.807) is 7.05 Å². The van der Waals surface area contributed by atoms with E-state index in [9.17, 15) is 4.79 Å². The molecule has 4 heteroatoms. The molecule has 2 N–H and O–H groups in total. The molecule has 0 aliphatic rings.